The van der Waals surface area contributed by atoms with E-state index in [1.54, 1.807) is 4.52 Å². The number of nitrogens with zero attached hydrogens (tertiary/aromatic N) is 5. The molecule has 7 nitrogen and oxygen atoms in total. The van der Waals surface area contributed by atoms with Crippen molar-refractivity contribution < 1.29 is 4.79 Å². The third kappa shape index (κ3) is 4.33. The molecule has 0 radical (unpaired) electrons. The molecule has 154 valence electrons. The van der Waals surface area contributed by atoms with Crippen molar-refractivity contribution in [2.45, 2.75) is 31.8 Å². The quantitative estimate of drug-likeness (QED) is 0.417. The van der Waals surface area contributed by atoms with Crippen molar-refractivity contribution in [2.24, 2.45) is 0 Å². The Bertz CT molecular complexity index is 1220. The molecule has 1 amide bonds. The minimum absolute atomic E-state index is 0.0886. The molecule has 0 aliphatic carbocycles. The van der Waals surface area contributed by atoms with Crippen LogP contribution in [0.5, 0.6) is 0 Å². The summed E-state index contributed by atoms with van der Waals surface area (Å²) in [6.07, 6.45) is 2.82. The van der Waals surface area contributed by atoms with Gasteiger partial charge in [-0.15, -0.1) is 16.4 Å². The smallest absolute Gasteiger partial charge is 0.253 e. The van der Waals surface area contributed by atoms with Crippen LogP contribution in [0.4, 0.5) is 5.13 Å². The van der Waals surface area contributed by atoms with Crippen LogP contribution in [-0.4, -0.2) is 36.7 Å². The second kappa shape index (κ2) is 8.71. The number of benzene rings is 1. The lowest BCUT2D eigenvalue weighted by Crippen LogP contribution is -2.14. The highest BCUT2D eigenvalue weighted by Gasteiger charge is 2.15. The molecule has 0 aliphatic heterocycles. The maximum absolute atomic E-state index is 12.5. The van der Waals surface area contributed by atoms with Crippen molar-refractivity contribution in [3.8, 4) is 11.3 Å². The predicted molar refractivity (Wildman–Crippen MR) is 122 cm³/mol. The summed E-state index contributed by atoms with van der Waals surface area (Å²) in [7, 11) is 0. The van der Waals surface area contributed by atoms with Crippen LogP contribution < -0.4 is 5.32 Å². The van der Waals surface area contributed by atoms with Gasteiger partial charge in [0.15, 0.2) is 5.13 Å². The number of carbonyl (C=O) groups is 1. The van der Waals surface area contributed by atoms with E-state index in [0.29, 0.717) is 33.9 Å². The Morgan fingerprint density at radius 1 is 1.20 bits per heavy atom. The van der Waals surface area contributed by atoms with Gasteiger partial charge in [-0.3, -0.25) is 4.79 Å². The molecule has 3 aromatic heterocycles. The number of rotatable bonds is 6. The van der Waals surface area contributed by atoms with E-state index in [4.69, 9.17) is 11.6 Å². The summed E-state index contributed by atoms with van der Waals surface area (Å²) in [6, 6.07) is 7.46. The normalized spacial score (nSPS) is 11.2. The fraction of sp³-hybridized carbons (Fsp3) is 0.250. The zero-order chi connectivity index (χ0) is 21.3. The fourth-order valence-electron chi connectivity index (χ4n) is 3.14. The number of aromatic nitrogens is 5. The van der Waals surface area contributed by atoms with E-state index in [2.05, 4.69) is 25.4 Å². The summed E-state index contributed by atoms with van der Waals surface area (Å²) in [4.78, 5) is 25.9. The molecule has 0 fully saturated rings. The summed E-state index contributed by atoms with van der Waals surface area (Å²) in [5.41, 5.74) is 4.60. The molecule has 1 N–H and O–H groups in total. The van der Waals surface area contributed by atoms with Gasteiger partial charge < -0.3 is 5.32 Å². The molecule has 3 heterocycles. The predicted octanol–water partition coefficient (Wildman–Crippen LogP) is 4.81. The summed E-state index contributed by atoms with van der Waals surface area (Å²) in [6.45, 7) is 3.92. The summed E-state index contributed by atoms with van der Waals surface area (Å²) in [5.74, 6) is 0.495. The zero-order valence-corrected chi connectivity index (χ0v) is 19.0. The molecule has 0 spiro atoms. The first kappa shape index (κ1) is 20.8. The maximum Gasteiger partial charge on any atom is 0.253 e. The molecule has 0 atom stereocenters. The van der Waals surface area contributed by atoms with Crippen LogP contribution in [-0.2, 0) is 11.2 Å². The van der Waals surface area contributed by atoms with Crippen molar-refractivity contribution in [1.29, 1.82) is 0 Å². The van der Waals surface area contributed by atoms with Crippen molar-refractivity contribution in [1.82, 2.24) is 24.6 Å². The van der Waals surface area contributed by atoms with E-state index in [-0.39, 0.29) is 5.91 Å². The lowest BCUT2D eigenvalue weighted by atomic mass is 10.1. The highest BCUT2D eigenvalue weighted by atomic mass is 35.5. The topological polar surface area (TPSA) is 85.1 Å². The van der Waals surface area contributed by atoms with Gasteiger partial charge in [-0.1, -0.05) is 35.5 Å². The van der Waals surface area contributed by atoms with Gasteiger partial charge in [0.2, 0.25) is 11.1 Å². The van der Waals surface area contributed by atoms with Gasteiger partial charge in [-0.2, -0.15) is 4.98 Å². The van der Waals surface area contributed by atoms with E-state index in [9.17, 15) is 4.79 Å². The number of thioether (sulfide) groups is 1. The maximum atomic E-state index is 12.5. The molecule has 0 saturated carbocycles. The molecular weight excluding hydrogens is 440 g/mol. The largest absolute Gasteiger partial charge is 0.302 e. The standard InChI is InChI=1S/C20H19ClN6OS2/c1-11-15(12(2)27-18(22-11)25-20(26-27)29-3)8-9-17(28)24-19-23-16(10-30-19)13-4-6-14(21)7-5-13/h4-7,10H,8-9H2,1-3H3,(H,23,24,28). The molecule has 1 aromatic carbocycles. The average Bonchev–Trinajstić information content (AvgIpc) is 3.35. The van der Waals surface area contributed by atoms with Gasteiger partial charge in [-0.05, 0) is 44.2 Å². The average molecular weight is 459 g/mol. The second-order valence-corrected chi connectivity index (χ2v) is 8.73. The van der Waals surface area contributed by atoms with Crippen LogP contribution in [0.1, 0.15) is 23.4 Å². The summed E-state index contributed by atoms with van der Waals surface area (Å²) in [5, 5.41) is 11.2. The highest BCUT2D eigenvalue weighted by molar-refractivity contribution is 7.98. The zero-order valence-electron chi connectivity index (χ0n) is 16.6. The number of fused-ring (bicyclic) bond motifs is 1. The minimum atomic E-state index is -0.0886. The van der Waals surface area contributed by atoms with Crippen molar-refractivity contribution in [2.75, 3.05) is 11.6 Å². The first-order valence-electron chi connectivity index (χ1n) is 9.22. The Balaban J connectivity index is 1.43. The number of hydrogen-bond donors (Lipinski definition) is 1. The van der Waals surface area contributed by atoms with Crippen LogP contribution >= 0.6 is 34.7 Å². The third-order valence-corrected chi connectivity index (χ3v) is 6.25. The van der Waals surface area contributed by atoms with Gasteiger partial charge in [0.05, 0.1) is 5.69 Å². The molecule has 0 aliphatic rings. The molecule has 10 heteroatoms. The number of anilines is 1. The number of amides is 1. The Kier molecular flexibility index (Phi) is 6.03. The van der Waals surface area contributed by atoms with E-state index < -0.39 is 0 Å². The summed E-state index contributed by atoms with van der Waals surface area (Å²) >= 11 is 8.81. The third-order valence-electron chi connectivity index (χ3n) is 4.70. The Labute approximate surface area is 186 Å². The molecule has 4 rings (SSSR count). The molecule has 30 heavy (non-hydrogen) atoms. The van der Waals surface area contributed by atoms with Crippen LogP contribution in [0.2, 0.25) is 5.02 Å². The second-order valence-electron chi connectivity index (χ2n) is 6.66. The number of aryl methyl sites for hydroxylation is 2. The van der Waals surface area contributed by atoms with Gasteiger partial charge in [-0.25, -0.2) is 14.5 Å². The van der Waals surface area contributed by atoms with Gasteiger partial charge in [0, 0.05) is 33.8 Å². The minimum Gasteiger partial charge on any atom is -0.302 e. The lowest BCUT2D eigenvalue weighted by molar-refractivity contribution is -0.116. The monoisotopic (exact) mass is 458 g/mol. The number of hydrogen-bond acceptors (Lipinski definition) is 7. The van der Waals surface area contributed by atoms with Crippen molar-refractivity contribution in [3.63, 3.8) is 0 Å². The first-order valence-corrected chi connectivity index (χ1v) is 11.7. The van der Waals surface area contributed by atoms with E-state index >= 15 is 0 Å². The van der Waals surface area contributed by atoms with Crippen LogP contribution in [0.25, 0.3) is 17.0 Å². The Morgan fingerprint density at radius 2 is 1.97 bits per heavy atom. The lowest BCUT2D eigenvalue weighted by Gasteiger charge is -2.10. The number of halogens is 1. The van der Waals surface area contributed by atoms with E-state index in [0.717, 1.165) is 28.2 Å². The van der Waals surface area contributed by atoms with Gasteiger partial charge in [0.1, 0.15) is 0 Å². The van der Waals surface area contributed by atoms with Crippen molar-refractivity contribution in [3.05, 3.63) is 51.6 Å². The number of nitrogens with one attached hydrogen (secondary N) is 1. The van der Waals surface area contributed by atoms with Gasteiger partial charge in [0.25, 0.3) is 5.78 Å². The van der Waals surface area contributed by atoms with Crippen molar-refractivity contribution >= 4 is 51.5 Å². The fourth-order valence-corrected chi connectivity index (χ4v) is 4.34. The van der Waals surface area contributed by atoms with Gasteiger partial charge >= 0.3 is 0 Å². The Hall–Kier alpha value is -2.49. The molecular formula is C20H19ClN6OS2. The molecule has 0 unspecified atom stereocenters. The van der Waals surface area contributed by atoms with Crippen LogP contribution in [0.15, 0.2) is 34.8 Å². The van der Waals surface area contributed by atoms with E-state index in [1.807, 2.05) is 49.7 Å². The first-order chi connectivity index (χ1) is 14.4. The molecule has 0 saturated heterocycles. The molecule has 4 aromatic rings. The number of thiazole rings is 1. The highest BCUT2D eigenvalue weighted by Crippen LogP contribution is 2.26. The van der Waals surface area contributed by atoms with Crippen LogP contribution in [0, 0.1) is 13.8 Å². The van der Waals surface area contributed by atoms with E-state index in [1.165, 1.54) is 23.1 Å². The summed E-state index contributed by atoms with van der Waals surface area (Å²) < 4.78 is 1.74. The Morgan fingerprint density at radius 3 is 2.70 bits per heavy atom. The SMILES string of the molecule is CSc1nc2nc(C)c(CCC(=O)Nc3nc(-c4ccc(Cl)cc4)cs3)c(C)n2n1. The number of carbonyl (C=O) groups excluding carboxylic acids is 1. The van der Waals surface area contributed by atoms with Crippen LogP contribution in [0.3, 0.4) is 0 Å². The molecule has 0 bridgehead atoms.